The molecule has 22 heavy (non-hydrogen) atoms. The number of para-hydroxylation sites is 1. The van der Waals surface area contributed by atoms with Crippen LogP contribution in [0, 0.1) is 13.8 Å². The number of nitrogens with one attached hydrogen (secondary N) is 1. The van der Waals surface area contributed by atoms with Crippen molar-refractivity contribution in [3.63, 3.8) is 0 Å². The number of aryl methyl sites for hydroxylation is 2. The summed E-state index contributed by atoms with van der Waals surface area (Å²) in [4.78, 5) is 19.2. The lowest BCUT2D eigenvalue weighted by Gasteiger charge is -2.04. The molecule has 0 aliphatic heterocycles. The van der Waals surface area contributed by atoms with Gasteiger partial charge in [0.25, 0.3) is 5.56 Å². The van der Waals surface area contributed by atoms with Gasteiger partial charge >= 0.3 is 0 Å². The molecule has 1 N–H and O–H groups in total. The smallest absolute Gasteiger partial charge is 0.259 e. The lowest BCUT2D eigenvalue weighted by molar-refractivity contribution is 1.14. The van der Waals surface area contributed by atoms with Crippen molar-refractivity contribution < 1.29 is 0 Å². The summed E-state index contributed by atoms with van der Waals surface area (Å²) in [6.07, 6.45) is 1.81. The van der Waals surface area contributed by atoms with E-state index in [0.717, 1.165) is 5.56 Å². The van der Waals surface area contributed by atoms with Crippen molar-refractivity contribution in [3.8, 4) is 0 Å². The Morgan fingerprint density at radius 1 is 1.14 bits per heavy atom. The van der Waals surface area contributed by atoms with Crippen LogP contribution in [0.1, 0.15) is 22.5 Å². The first-order valence-electron chi connectivity index (χ1n) is 6.98. The molecule has 0 aliphatic rings. The minimum absolute atomic E-state index is 0.188. The molecule has 110 valence electrons. The maximum atomic E-state index is 12.1. The van der Waals surface area contributed by atoms with Crippen LogP contribution in [0.25, 0.3) is 22.0 Å². The minimum atomic E-state index is -0.188. The molecule has 0 atom stereocenters. The van der Waals surface area contributed by atoms with Gasteiger partial charge in [0.1, 0.15) is 0 Å². The van der Waals surface area contributed by atoms with Gasteiger partial charge in [-0.15, -0.1) is 0 Å². The second-order valence-electron chi connectivity index (χ2n) is 5.27. The molecular weight excluding hydrogens is 296 g/mol. The summed E-state index contributed by atoms with van der Waals surface area (Å²) in [5.41, 5.74) is 3.84. The van der Waals surface area contributed by atoms with Gasteiger partial charge in [-0.25, -0.2) is 4.98 Å². The van der Waals surface area contributed by atoms with E-state index in [1.54, 1.807) is 18.2 Å². The summed E-state index contributed by atoms with van der Waals surface area (Å²) in [5.74, 6) is 0.378. The highest BCUT2D eigenvalue weighted by atomic mass is 35.5. The molecule has 0 unspecified atom stereocenters. The van der Waals surface area contributed by atoms with Crippen molar-refractivity contribution in [1.82, 2.24) is 9.97 Å². The maximum absolute atomic E-state index is 12.1. The molecule has 0 saturated heterocycles. The third-order valence-corrected chi connectivity index (χ3v) is 3.95. The van der Waals surface area contributed by atoms with Crippen LogP contribution in [0.3, 0.4) is 0 Å². The predicted octanol–water partition coefficient (Wildman–Crippen LogP) is 4.28. The normalized spacial score (nSPS) is 11.9. The van der Waals surface area contributed by atoms with Gasteiger partial charge < -0.3 is 4.98 Å². The number of H-pyrrole nitrogens is 1. The van der Waals surface area contributed by atoms with E-state index < -0.39 is 0 Å². The van der Waals surface area contributed by atoms with E-state index in [0.29, 0.717) is 21.8 Å². The molecule has 3 aromatic rings. The van der Waals surface area contributed by atoms with Gasteiger partial charge in [0.2, 0.25) is 0 Å². The van der Waals surface area contributed by atoms with Crippen LogP contribution in [-0.2, 0) is 0 Å². The number of hydrogen-bond acceptors (Lipinski definition) is 2. The second-order valence-corrected chi connectivity index (χ2v) is 5.67. The van der Waals surface area contributed by atoms with E-state index in [1.807, 2.05) is 24.3 Å². The van der Waals surface area contributed by atoms with E-state index in [2.05, 4.69) is 29.9 Å². The van der Waals surface area contributed by atoms with Gasteiger partial charge in [0.15, 0.2) is 5.82 Å². The van der Waals surface area contributed by atoms with E-state index in [-0.39, 0.29) is 5.56 Å². The fourth-order valence-corrected chi connectivity index (χ4v) is 2.48. The fraction of sp³-hybridized carbons (Fsp3) is 0.111. The van der Waals surface area contributed by atoms with Gasteiger partial charge in [-0.1, -0.05) is 41.9 Å². The predicted molar refractivity (Wildman–Crippen MR) is 92.0 cm³/mol. The number of nitrogens with zero attached hydrogens (tertiary/aromatic N) is 1. The first kappa shape index (κ1) is 14.5. The Kier molecular flexibility index (Phi) is 3.82. The number of fused-ring (bicyclic) bond motifs is 1. The molecule has 0 aliphatic carbocycles. The van der Waals surface area contributed by atoms with Crippen molar-refractivity contribution in [2.75, 3.05) is 0 Å². The van der Waals surface area contributed by atoms with Crippen LogP contribution in [0.4, 0.5) is 0 Å². The van der Waals surface area contributed by atoms with Crippen molar-refractivity contribution >= 4 is 33.6 Å². The molecule has 0 fully saturated rings. The maximum Gasteiger partial charge on any atom is 0.259 e. The summed E-state index contributed by atoms with van der Waals surface area (Å²) < 4.78 is 0. The van der Waals surface area contributed by atoms with Crippen LogP contribution >= 0.6 is 11.6 Å². The number of aromatic nitrogens is 2. The molecule has 1 heterocycles. The van der Waals surface area contributed by atoms with Gasteiger partial charge in [-0.2, -0.15) is 0 Å². The highest BCUT2D eigenvalue weighted by Crippen LogP contribution is 2.21. The monoisotopic (exact) mass is 310 g/mol. The molecule has 0 bridgehead atoms. The summed E-state index contributed by atoms with van der Waals surface area (Å²) >= 11 is 6.33. The average molecular weight is 311 g/mol. The van der Waals surface area contributed by atoms with Crippen LogP contribution in [0.15, 0.2) is 47.3 Å². The number of hydrogen-bond donors (Lipinski definition) is 1. The molecule has 0 amide bonds. The highest BCUT2D eigenvalue weighted by Gasteiger charge is 2.06. The number of aromatic amines is 1. The van der Waals surface area contributed by atoms with Crippen molar-refractivity contribution in [2.45, 2.75) is 13.8 Å². The quantitative estimate of drug-likeness (QED) is 0.768. The van der Waals surface area contributed by atoms with Crippen molar-refractivity contribution in [1.29, 1.82) is 0 Å². The first-order valence-corrected chi connectivity index (χ1v) is 7.36. The van der Waals surface area contributed by atoms with Gasteiger partial charge in [0.05, 0.1) is 15.9 Å². The van der Waals surface area contributed by atoms with E-state index in [1.165, 1.54) is 11.1 Å². The van der Waals surface area contributed by atoms with Crippen LogP contribution in [-0.4, -0.2) is 9.97 Å². The molecule has 3 rings (SSSR count). The zero-order valence-electron chi connectivity index (χ0n) is 12.4. The van der Waals surface area contributed by atoms with Crippen molar-refractivity contribution in [2.24, 2.45) is 0 Å². The zero-order chi connectivity index (χ0) is 15.7. The largest absolute Gasteiger partial charge is 0.305 e. The molecule has 2 aromatic carbocycles. The summed E-state index contributed by atoms with van der Waals surface area (Å²) in [5, 5.41) is 0.966. The van der Waals surface area contributed by atoms with Gasteiger partial charge in [0, 0.05) is 0 Å². The first-order chi connectivity index (χ1) is 10.5. The lowest BCUT2D eigenvalue weighted by atomic mass is 10.1. The zero-order valence-corrected chi connectivity index (χ0v) is 13.1. The Bertz CT molecular complexity index is 941. The molecule has 1 aromatic heterocycles. The molecule has 0 saturated carbocycles. The molecule has 0 radical (unpaired) electrons. The van der Waals surface area contributed by atoms with Crippen LogP contribution < -0.4 is 5.56 Å². The minimum Gasteiger partial charge on any atom is -0.305 e. The number of benzene rings is 2. The Balaban J connectivity index is 2.08. The van der Waals surface area contributed by atoms with Gasteiger partial charge in [-0.3, -0.25) is 4.79 Å². The Labute approximate surface area is 133 Å². The fourth-order valence-electron chi connectivity index (χ4n) is 2.27. The third kappa shape index (κ3) is 2.81. The second kappa shape index (κ2) is 5.78. The molecule has 0 spiro atoms. The summed E-state index contributed by atoms with van der Waals surface area (Å²) in [6.45, 7) is 4.11. The van der Waals surface area contributed by atoms with E-state index in [4.69, 9.17) is 11.6 Å². The van der Waals surface area contributed by atoms with Crippen LogP contribution in [0.5, 0.6) is 0 Å². The number of rotatable bonds is 2. The van der Waals surface area contributed by atoms with Gasteiger partial charge in [-0.05, 0) is 48.7 Å². The molecule has 3 nitrogen and oxygen atoms in total. The van der Waals surface area contributed by atoms with E-state index >= 15 is 0 Å². The third-order valence-electron chi connectivity index (χ3n) is 3.66. The highest BCUT2D eigenvalue weighted by molar-refractivity contribution is 6.50. The molecular formula is C18H15ClN2O. The number of halogens is 1. The SMILES string of the molecule is Cc1ccc(/C=C(\Cl)c2nc3ccccc3c(=O)[nH]2)cc1C. The van der Waals surface area contributed by atoms with E-state index in [9.17, 15) is 4.79 Å². The summed E-state index contributed by atoms with van der Waals surface area (Å²) in [6, 6.07) is 13.3. The van der Waals surface area contributed by atoms with Crippen molar-refractivity contribution in [3.05, 3.63) is 75.3 Å². The standard InChI is InChI=1S/C18H15ClN2O/c1-11-7-8-13(9-12(11)2)10-15(19)17-20-16-6-4-3-5-14(16)18(22)21-17/h3-10H,1-2H3,(H,20,21,22)/b15-10-. The lowest BCUT2D eigenvalue weighted by Crippen LogP contribution is -2.10. The average Bonchev–Trinajstić information content (AvgIpc) is 2.51. The Morgan fingerprint density at radius 2 is 1.91 bits per heavy atom. The topological polar surface area (TPSA) is 45.8 Å². The van der Waals surface area contributed by atoms with Crippen LogP contribution in [0.2, 0.25) is 0 Å². The molecule has 4 heteroatoms. The Hall–Kier alpha value is -2.39. The summed E-state index contributed by atoms with van der Waals surface area (Å²) in [7, 11) is 0. The Morgan fingerprint density at radius 3 is 2.68 bits per heavy atom.